The first-order valence-corrected chi connectivity index (χ1v) is 9.27. The average molecular weight is 373 g/mol. The molecule has 5 heteroatoms. The second kappa shape index (κ2) is 7.64. The number of aryl methyl sites for hydroxylation is 1. The monoisotopic (exact) mass is 373 g/mol. The van der Waals surface area contributed by atoms with Crippen LogP contribution in [0.1, 0.15) is 27.5 Å². The number of aromatic amines is 1. The number of para-hydroxylation sites is 1. The zero-order chi connectivity index (χ0) is 19.5. The number of hydrogen-bond acceptors (Lipinski definition) is 2. The fourth-order valence-corrected chi connectivity index (χ4v) is 3.61. The lowest BCUT2D eigenvalue weighted by Gasteiger charge is -2.19. The predicted octanol–water partition coefficient (Wildman–Crippen LogP) is 4.08. The van der Waals surface area contributed by atoms with Gasteiger partial charge in [-0.3, -0.25) is 4.79 Å². The number of hydrogen-bond donors (Lipinski definition) is 2. The molecule has 0 radical (unpaired) electrons. The summed E-state index contributed by atoms with van der Waals surface area (Å²) < 4.78 is 7.11. The predicted molar refractivity (Wildman–Crippen MR) is 111 cm³/mol. The summed E-state index contributed by atoms with van der Waals surface area (Å²) in [5.41, 5.74) is 4.02. The van der Waals surface area contributed by atoms with Crippen molar-refractivity contribution in [2.75, 3.05) is 13.7 Å². The number of benzene rings is 2. The lowest BCUT2D eigenvalue weighted by molar-refractivity contribution is 0.0944. The van der Waals surface area contributed by atoms with Gasteiger partial charge in [0.25, 0.3) is 5.91 Å². The van der Waals surface area contributed by atoms with E-state index >= 15 is 0 Å². The molecule has 28 heavy (non-hydrogen) atoms. The van der Waals surface area contributed by atoms with Crippen molar-refractivity contribution in [3.63, 3.8) is 0 Å². The fraction of sp³-hybridized carbons (Fsp3) is 0.174. The molecule has 0 saturated carbocycles. The molecule has 142 valence electrons. The molecular formula is C23H23N3O2. The molecule has 1 unspecified atom stereocenters. The van der Waals surface area contributed by atoms with E-state index in [1.165, 1.54) is 0 Å². The SMILES string of the molecule is COc1ccc(C(CNC(=O)c2cccn2C)c2c[nH]c3ccccc23)cc1. The van der Waals surface area contributed by atoms with Gasteiger partial charge in [0, 0.05) is 42.8 Å². The van der Waals surface area contributed by atoms with Gasteiger partial charge in [0.15, 0.2) is 0 Å². The minimum atomic E-state index is -0.0779. The van der Waals surface area contributed by atoms with Crippen molar-refractivity contribution < 1.29 is 9.53 Å². The number of rotatable bonds is 6. The van der Waals surface area contributed by atoms with Crippen LogP contribution in [0.4, 0.5) is 0 Å². The zero-order valence-corrected chi connectivity index (χ0v) is 16.0. The molecule has 0 aliphatic carbocycles. The Hall–Kier alpha value is -3.47. The van der Waals surface area contributed by atoms with Gasteiger partial charge in [-0.25, -0.2) is 0 Å². The summed E-state index contributed by atoms with van der Waals surface area (Å²) in [6, 6.07) is 19.9. The summed E-state index contributed by atoms with van der Waals surface area (Å²) in [4.78, 5) is 16.0. The topological polar surface area (TPSA) is 59.0 Å². The molecule has 1 amide bonds. The van der Waals surface area contributed by atoms with Gasteiger partial charge in [0.1, 0.15) is 11.4 Å². The van der Waals surface area contributed by atoms with Crippen LogP contribution in [0, 0.1) is 0 Å². The van der Waals surface area contributed by atoms with Crippen molar-refractivity contribution in [2.24, 2.45) is 7.05 Å². The molecule has 2 heterocycles. The summed E-state index contributed by atoms with van der Waals surface area (Å²) in [5, 5.41) is 4.26. The number of nitrogens with one attached hydrogen (secondary N) is 2. The Balaban J connectivity index is 1.67. The Bertz CT molecular complexity index is 1090. The van der Waals surface area contributed by atoms with Crippen LogP contribution in [0.2, 0.25) is 0 Å². The number of methoxy groups -OCH3 is 1. The Morgan fingerprint density at radius 3 is 2.61 bits per heavy atom. The minimum absolute atomic E-state index is 0.0197. The number of carbonyl (C=O) groups excluding carboxylic acids is 1. The molecule has 0 aliphatic heterocycles. The first-order valence-electron chi connectivity index (χ1n) is 9.27. The maximum absolute atomic E-state index is 12.6. The molecule has 1 atom stereocenters. The summed E-state index contributed by atoms with van der Waals surface area (Å²) in [7, 11) is 3.53. The van der Waals surface area contributed by atoms with Crippen molar-refractivity contribution in [3.05, 3.63) is 89.9 Å². The highest BCUT2D eigenvalue weighted by atomic mass is 16.5. The molecular weight excluding hydrogens is 350 g/mol. The van der Waals surface area contributed by atoms with E-state index < -0.39 is 0 Å². The molecule has 0 spiro atoms. The fourth-order valence-electron chi connectivity index (χ4n) is 3.61. The highest BCUT2D eigenvalue weighted by molar-refractivity contribution is 5.93. The highest BCUT2D eigenvalue weighted by Crippen LogP contribution is 2.31. The van der Waals surface area contributed by atoms with E-state index in [4.69, 9.17) is 4.74 Å². The number of nitrogens with zero attached hydrogens (tertiary/aromatic N) is 1. The summed E-state index contributed by atoms with van der Waals surface area (Å²) >= 11 is 0. The van der Waals surface area contributed by atoms with Gasteiger partial charge in [-0.05, 0) is 41.5 Å². The molecule has 5 nitrogen and oxygen atoms in total. The number of amides is 1. The van der Waals surface area contributed by atoms with Gasteiger partial charge in [0.05, 0.1) is 7.11 Å². The Morgan fingerprint density at radius 2 is 1.89 bits per heavy atom. The molecule has 2 aromatic heterocycles. The first-order chi connectivity index (χ1) is 13.7. The normalized spacial score (nSPS) is 12.1. The third-order valence-electron chi connectivity index (χ3n) is 5.16. The van der Waals surface area contributed by atoms with E-state index in [2.05, 4.69) is 34.6 Å². The maximum atomic E-state index is 12.6. The largest absolute Gasteiger partial charge is 0.497 e. The lowest BCUT2D eigenvalue weighted by Crippen LogP contribution is -2.30. The summed E-state index contributed by atoms with van der Waals surface area (Å²) in [5.74, 6) is 0.756. The molecule has 4 rings (SSSR count). The van der Waals surface area contributed by atoms with Crippen LogP contribution in [-0.2, 0) is 7.05 Å². The first kappa shape index (κ1) is 17.9. The third kappa shape index (κ3) is 3.39. The molecule has 2 N–H and O–H groups in total. The van der Waals surface area contributed by atoms with Gasteiger partial charge in [-0.15, -0.1) is 0 Å². The minimum Gasteiger partial charge on any atom is -0.497 e. The van der Waals surface area contributed by atoms with Gasteiger partial charge in [-0.2, -0.15) is 0 Å². The zero-order valence-electron chi connectivity index (χ0n) is 16.0. The van der Waals surface area contributed by atoms with Crippen LogP contribution in [0.5, 0.6) is 5.75 Å². The van der Waals surface area contributed by atoms with Crippen molar-refractivity contribution in [2.45, 2.75) is 5.92 Å². The van der Waals surface area contributed by atoms with Crippen LogP contribution < -0.4 is 10.1 Å². The van der Waals surface area contributed by atoms with Crippen LogP contribution >= 0.6 is 0 Å². The highest BCUT2D eigenvalue weighted by Gasteiger charge is 2.20. The maximum Gasteiger partial charge on any atom is 0.267 e. The number of carbonyl (C=O) groups is 1. The Morgan fingerprint density at radius 1 is 1.11 bits per heavy atom. The quantitative estimate of drug-likeness (QED) is 0.535. The van der Waals surface area contributed by atoms with E-state index in [9.17, 15) is 4.79 Å². The summed E-state index contributed by atoms with van der Waals surface area (Å²) in [6.45, 7) is 0.498. The van der Waals surface area contributed by atoms with E-state index in [-0.39, 0.29) is 11.8 Å². The average Bonchev–Trinajstić information content (AvgIpc) is 3.35. The van der Waals surface area contributed by atoms with E-state index in [1.54, 1.807) is 7.11 Å². The molecule has 0 saturated heterocycles. The van der Waals surface area contributed by atoms with Crippen molar-refractivity contribution in [3.8, 4) is 5.75 Å². The van der Waals surface area contributed by atoms with Gasteiger partial charge in [0.2, 0.25) is 0 Å². The second-order valence-electron chi connectivity index (χ2n) is 6.83. The van der Waals surface area contributed by atoms with Crippen molar-refractivity contribution in [1.29, 1.82) is 0 Å². The Labute approximate surface area is 164 Å². The number of aromatic nitrogens is 2. The van der Waals surface area contributed by atoms with Crippen LogP contribution in [0.25, 0.3) is 10.9 Å². The van der Waals surface area contributed by atoms with Gasteiger partial charge < -0.3 is 19.6 Å². The number of H-pyrrole nitrogens is 1. The number of ether oxygens (including phenoxy) is 1. The third-order valence-corrected chi connectivity index (χ3v) is 5.16. The van der Waals surface area contributed by atoms with E-state index in [1.807, 2.05) is 60.4 Å². The van der Waals surface area contributed by atoms with E-state index in [0.717, 1.165) is 27.8 Å². The van der Waals surface area contributed by atoms with Gasteiger partial charge in [-0.1, -0.05) is 30.3 Å². The molecule has 0 aliphatic rings. The molecule has 4 aromatic rings. The lowest BCUT2D eigenvalue weighted by atomic mass is 9.90. The molecule has 0 fully saturated rings. The summed E-state index contributed by atoms with van der Waals surface area (Å²) in [6.07, 6.45) is 3.91. The Kier molecular flexibility index (Phi) is 4.89. The molecule has 2 aromatic carbocycles. The van der Waals surface area contributed by atoms with Crippen LogP contribution in [-0.4, -0.2) is 29.1 Å². The van der Waals surface area contributed by atoms with Crippen molar-refractivity contribution in [1.82, 2.24) is 14.9 Å². The van der Waals surface area contributed by atoms with Crippen LogP contribution in [0.15, 0.2) is 73.1 Å². The van der Waals surface area contributed by atoms with Gasteiger partial charge >= 0.3 is 0 Å². The van der Waals surface area contributed by atoms with E-state index in [0.29, 0.717) is 12.2 Å². The standard InChI is InChI=1S/C23H23N3O2/c1-26-13-5-8-22(26)23(27)25-14-19(16-9-11-17(28-2)12-10-16)20-15-24-21-7-4-3-6-18(20)21/h3-13,15,19,24H,14H2,1-2H3,(H,25,27). The number of fused-ring (bicyclic) bond motifs is 1. The van der Waals surface area contributed by atoms with Crippen LogP contribution in [0.3, 0.4) is 0 Å². The smallest absolute Gasteiger partial charge is 0.267 e. The second-order valence-corrected chi connectivity index (χ2v) is 6.83. The van der Waals surface area contributed by atoms with Crippen molar-refractivity contribution >= 4 is 16.8 Å². The molecule has 0 bridgehead atoms.